The fourth-order valence-electron chi connectivity index (χ4n) is 2.72. The molecular formula is C20H23N3O. The fraction of sp³-hybridized carbons (Fsp3) is 0.300. The molecule has 0 N–H and O–H groups in total. The van der Waals surface area contributed by atoms with Crippen LogP contribution in [0, 0.1) is 0 Å². The molecule has 0 spiro atoms. The molecule has 0 fully saturated rings. The number of hydrogen-bond donors (Lipinski definition) is 0. The Morgan fingerprint density at radius 1 is 1.00 bits per heavy atom. The molecule has 3 aromatic rings. The van der Waals surface area contributed by atoms with Crippen LogP contribution in [0.25, 0.3) is 22.3 Å². The van der Waals surface area contributed by atoms with Crippen molar-refractivity contribution in [1.29, 1.82) is 0 Å². The smallest absolute Gasteiger partial charge is 0.162 e. The maximum Gasteiger partial charge on any atom is 0.162 e. The van der Waals surface area contributed by atoms with Crippen LogP contribution in [0.4, 0.5) is 5.82 Å². The van der Waals surface area contributed by atoms with Gasteiger partial charge in [0.1, 0.15) is 11.6 Å². The van der Waals surface area contributed by atoms with Crippen molar-refractivity contribution in [3.63, 3.8) is 0 Å². The van der Waals surface area contributed by atoms with Crippen molar-refractivity contribution in [2.75, 3.05) is 25.6 Å². The summed E-state index contributed by atoms with van der Waals surface area (Å²) in [5.41, 5.74) is 1.96. The summed E-state index contributed by atoms with van der Waals surface area (Å²) in [6.45, 7) is 3.19. The van der Waals surface area contributed by atoms with Crippen LogP contribution in [0.15, 0.2) is 48.5 Å². The second kappa shape index (κ2) is 7.30. The third-order valence-corrected chi connectivity index (χ3v) is 4.14. The van der Waals surface area contributed by atoms with Crippen LogP contribution in [-0.2, 0) is 0 Å². The van der Waals surface area contributed by atoms with Crippen molar-refractivity contribution in [3.8, 4) is 17.1 Å². The van der Waals surface area contributed by atoms with E-state index in [1.54, 1.807) is 7.11 Å². The van der Waals surface area contributed by atoms with Gasteiger partial charge in [-0.1, -0.05) is 25.5 Å². The van der Waals surface area contributed by atoms with Gasteiger partial charge < -0.3 is 9.64 Å². The van der Waals surface area contributed by atoms with Gasteiger partial charge in [0.15, 0.2) is 5.82 Å². The number of methoxy groups -OCH3 is 1. The predicted octanol–water partition coefficient (Wildman–Crippen LogP) is 4.54. The van der Waals surface area contributed by atoms with E-state index >= 15 is 0 Å². The van der Waals surface area contributed by atoms with Crippen LogP contribution >= 0.6 is 0 Å². The monoisotopic (exact) mass is 321 g/mol. The molecule has 0 atom stereocenters. The molecule has 0 amide bonds. The van der Waals surface area contributed by atoms with Crippen molar-refractivity contribution in [1.82, 2.24) is 9.97 Å². The number of ether oxygens (including phenoxy) is 1. The molecule has 4 heteroatoms. The summed E-state index contributed by atoms with van der Waals surface area (Å²) in [6.07, 6.45) is 2.31. The Balaban J connectivity index is 2.08. The van der Waals surface area contributed by atoms with Crippen LogP contribution in [0.2, 0.25) is 0 Å². The highest BCUT2D eigenvalue weighted by atomic mass is 16.5. The van der Waals surface area contributed by atoms with Crippen molar-refractivity contribution >= 4 is 16.7 Å². The summed E-state index contributed by atoms with van der Waals surface area (Å²) in [7, 11) is 3.77. The standard InChI is InChI=1S/C20H23N3O/c1-4-5-14-23(2)20-17-8-6-7-9-18(17)21-19(22-20)15-10-12-16(24-3)13-11-15/h6-13H,4-5,14H2,1-3H3. The molecule has 124 valence electrons. The van der Waals surface area contributed by atoms with Crippen LogP contribution in [0.1, 0.15) is 19.8 Å². The second-order valence-electron chi connectivity index (χ2n) is 5.89. The Kier molecular flexibility index (Phi) is 4.94. The molecule has 0 bridgehead atoms. The van der Waals surface area contributed by atoms with Crippen LogP contribution in [0.3, 0.4) is 0 Å². The molecule has 1 aromatic heterocycles. The average Bonchev–Trinajstić information content (AvgIpc) is 2.65. The topological polar surface area (TPSA) is 38.2 Å². The second-order valence-corrected chi connectivity index (χ2v) is 5.89. The first-order valence-corrected chi connectivity index (χ1v) is 8.35. The van der Waals surface area contributed by atoms with E-state index < -0.39 is 0 Å². The van der Waals surface area contributed by atoms with E-state index in [1.807, 2.05) is 42.5 Å². The third-order valence-electron chi connectivity index (χ3n) is 4.14. The molecular weight excluding hydrogens is 298 g/mol. The molecule has 1 heterocycles. The summed E-state index contributed by atoms with van der Waals surface area (Å²) >= 11 is 0. The number of unbranched alkanes of at least 4 members (excludes halogenated alkanes) is 1. The Hall–Kier alpha value is -2.62. The summed E-state index contributed by atoms with van der Waals surface area (Å²) in [5.74, 6) is 2.56. The number of fused-ring (bicyclic) bond motifs is 1. The molecule has 0 radical (unpaired) electrons. The van der Waals surface area contributed by atoms with Gasteiger partial charge in [0.2, 0.25) is 0 Å². The van der Waals surface area contributed by atoms with Crippen LogP contribution < -0.4 is 9.64 Å². The lowest BCUT2D eigenvalue weighted by molar-refractivity contribution is 0.415. The lowest BCUT2D eigenvalue weighted by Crippen LogP contribution is -2.20. The van der Waals surface area contributed by atoms with Crippen molar-refractivity contribution in [2.24, 2.45) is 0 Å². The Bertz CT molecular complexity index is 815. The summed E-state index contributed by atoms with van der Waals surface area (Å²) in [5, 5.41) is 1.09. The molecule has 0 saturated carbocycles. The van der Waals surface area contributed by atoms with Gasteiger partial charge in [-0.2, -0.15) is 0 Å². The fourth-order valence-corrected chi connectivity index (χ4v) is 2.72. The minimum Gasteiger partial charge on any atom is -0.497 e. The van der Waals surface area contributed by atoms with Crippen molar-refractivity contribution in [3.05, 3.63) is 48.5 Å². The number of benzene rings is 2. The maximum absolute atomic E-state index is 5.23. The summed E-state index contributed by atoms with van der Waals surface area (Å²) < 4.78 is 5.23. The van der Waals surface area contributed by atoms with Gasteiger partial charge >= 0.3 is 0 Å². The van der Waals surface area contributed by atoms with E-state index in [9.17, 15) is 0 Å². The Morgan fingerprint density at radius 2 is 1.75 bits per heavy atom. The highest BCUT2D eigenvalue weighted by molar-refractivity contribution is 5.91. The lowest BCUT2D eigenvalue weighted by Gasteiger charge is -2.20. The summed E-state index contributed by atoms with van der Waals surface area (Å²) in [6, 6.07) is 16.1. The minimum absolute atomic E-state index is 0.745. The SMILES string of the molecule is CCCCN(C)c1nc(-c2ccc(OC)cc2)nc2ccccc12. The van der Waals surface area contributed by atoms with Crippen LogP contribution in [-0.4, -0.2) is 30.7 Å². The number of para-hydroxylation sites is 1. The zero-order valence-electron chi connectivity index (χ0n) is 14.5. The zero-order valence-corrected chi connectivity index (χ0v) is 14.5. The van der Waals surface area contributed by atoms with E-state index in [2.05, 4.69) is 24.9 Å². The molecule has 0 unspecified atom stereocenters. The maximum atomic E-state index is 5.23. The van der Waals surface area contributed by atoms with Gasteiger partial charge in [0.25, 0.3) is 0 Å². The zero-order chi connectivity index (χ0) is 16.9. The number of anilines is 1. The lowest BCUT2D eigenvalue weighted by atomic mass is 10.1. The first-order chi connectivity index (χ1) is 11.7. The van der Waals surface area contributed by atoms with Gasteiger partial charge in [0.05, 0.1) is 12.6 Å². The number of rotatable bonds is 6. The van der Waals surface area contributed by atoms with Crippen molar-refractivity contribution < 1.29 is 4.74 Å². The molecule has 2 aromatic carbocycles. The van der Waals surface area contributed by atoms with Crippen molar-refractivity contribution in [2.45, 2.75) is 19.8 Å². The number of hydrogen-bond acceptors (Lipinski definition) is 4. The Labute approximate surface area is 143 Å². The third kappa shape index (κ3) is 3.32. The summed E-state index contributed by atoms with van der Waals surface area (Å²) in [4.78, 5) is 11.8. The normalized spacial score (nSPS) is 10.8. The highest BCUT2D eigenvalue weighted by Gasteiger charge is 2.12. The predicted molar refractivity (Wildman–Crippen MR) is 99.7 cm³/mol. The molecule has 0 aliphatic rings. The highest BCUT2D eigenvalue weighted by Crippen LogP contribution is 2.28. The van der Waals surface area contributed by atoms with Gasteiger partial charge in [-0.05, 0) is 42.8 Å². The minimum atomic E-state index is 0.745. The largest absolute Gasteiger partial charge is 0.497 e. The van der Waals surface area contributed by atoms with E-state index in [0.717, 1.165) is 46.8 Å². The van der Waals surface area contributed by atoms with Gasteiger partial charge in [0, 0.05) is 24.5 Å². The first-order valence-electron chi connectivity index (χ1n) is 8.35. The number of nitrogens with zero attached hydrogens (tertiary/aromatic N) is 3. The molecule has 0 aliphatic carbocycles. The molecule has 24 heavy (non-hydrogen) atoms. The van der Waals surface area contributed by atoms with Crippen LogP contribution in [0.5, 0.6) is 5.75 Å². The quantitative estimate of drug-likeness (QED) is 0.668. The molecule has 3 rings (SSSR count). The van der Waals surface area contributed by atoms with Gasteiger partial charge in [-0.15, -0.1) is 0 Å². The molecule has 0 saturated heterocycles. The van der Waals surface area contributed by atoms with E-state index in [4.69, 9.17) is 14.7 Å². The first kappa shape index (κ1) is 16.2. The van der Waals surface area contributed by atoms with E-state index in [0.29, 0.717) is 0 Å². The Morgan fingerprint density at radius 3 is 2.46 bits per heavy atom. The van der Waals surface area contributed by atoms with Gasteiger partial charge in [-0.3, -0.25) is 0 Å². The van der Waals surface area contributed by atoms with E-state index in [-0.39, 0.29) is 0 Å². The molecule has 0 aliphatic heterocycles. The van der Waals surface area contributed by atoms with Gasteiger partial charge in [-0.25, -0.2) is 9.97 Å². The number of aromatic nitrogens is 2. The van der Waals surface area contributed by atoms with E-state index in [1.165, 1.54) is 6.42 Å². The molecule has 4 nitrogen and oxygen atoms in total. The average molecular weight is 321 g/mol.